The molecule has 1 saturated heterocycles. The molecule has 0 bridgehead atoms. The summed E-state index contributed by atoms with van der Waals surface area (Å²) < 4.78 is 55.6. The maximum absolute atomic E-state index is 13.9. The van der Waals surface area contributed by atoms with Gasteiger partial charge in [-0.15, -0.1) is 0 Å². The summed E-state index contributed by atoms with van der Waals surface area (Å²) in [6, 6.07) is 17.3. The predicted molar refractivity (Wildman–Crippen MR) is 194 cm³/mol. The summed E-state index contributed by atoms with van der Waals surface area (Å²) >= 11 is 5.94. The number of nitrogens with zero attached hydrogens (tertiary/aromatic N) is 6. The number of fused-ring (bicyclic) bond motifs is 2. The van der Waals surface area contributed by atoms with Crippen molar-refractivity contribution in [3.8, 4) is 5.88 Å². The van der Waals surface area contributed by atoms with Gasteiger partial charge in [0.25, 0.3) is 0 Å². The van der Waals surface area contributed by atoms with Gasteiger partial charge in [-0.05, 0) is 73.9 Å². The lowest BCUT2D eigenvalue weighted by Gasteiger charge is -2.29. The van der Waals surface area contributed by atoms with E-state index >= 15 is 0 Å². The van der Waals surface area contributed by atoms with Crippen molar-refractivity contribution in [1.82, 2.24) is 34.6 Å². The number of aryl methyl sites for hydroxylation is 1. The SMILES string of the molecule is Cc1n[nH]c2c(C(F)(F)F)cc(C(O)Nc3ccc4c(c3)nc(CN3CC=C(c5cccc(OCc6ccc(Cl)cn6)n5)CC3)n4C[C@@H]3CCO3)cc12. The minimum absolute atomic E-state index is 0.0741. The third kappa shape index (κ3) is 7.58. The van der Waals surface area contributed by atoms with E-state index in [0.717, 1.165) is 60.4 Å². The second-order valence-electron chi connectivity index (χ2n) is 13.3. The third-order valence-corrected chi connectivity index (χ3v) is 9.91. The summed E-state index contributed by atoms with van der Waals surface area (Å²) in [5, 5.41) is 21.3. The number of hydrogen-bond acceptors (Lipinski definition) is 9. The third-order valence-electron chi connectivity index (χ3n) is 9.68. The molecule has 0 spiro atoms. The van der Waals surface area contributed by atoms with E-state index in [1.54, 1.807) is 25.3 Å². The van der Waals surface area contributed by atoms with E-state index in [-0.39, 0.29) is 23.8 Å². The van der Waals surface area contributed by atoms with Crippen LogP contribution in [-0.2, 0) is 30.6 Å². The minimum Gasteiger partial charge on any atom is -0.471 e. The monoisotopic (exact) mass is 744 g/mol. The molecular formula is C38H36ClF3N8O3. The summed E-state index contributed by atoms with van der Waals surface area (Å²) in [4.78, 5) is 16.3. The van der Waals surface area contributed by atoms with Crippen molar-refractivity contribution in [2.24, 2.45) is 0 Å². The van der Waals surface area contributed by atoms with Gasteiger partial charge in [0.05, 0.1) is 63.4 Å². The lowest BCUT2D eigenvalue weighted by Crippen LogP contribution is -2.33. The van der Waals surface area contributed by atoms with Crippen molar-refractivity contribution < 1.29 is 27.8 Å². The summed E-state index contributed by atoms with van der Waals surface area (Å²) in [6.07, 6.45) is -0.396. The molecule has 6 aromatic rings. The molecule has 1 unspecified atom stereocenters. The lowest BCUT2D eigenvalue weighted by molar-refractivity contribution is -0.136. The van der Waals surface area contributed by atoms with Crippen LogP contribution in [0.3, 0.4) is 0 Å². The molecule has 15 heteroatoms. The molecule has 2 aliphatic heterocycles. The second-order valence-corrected chi connectivity index (χ2v) is 13.7. The van der Waals surface area contributed by atoms with Crippen LogP contribution in [0.1, 0.15) is 53.1 Å². The molecular weight excluding hydrogens is 709 g/mol. The first-order valence-electron chi connectivity index (χ1n) is 17.3. The fraction of sp³-hybridized carbons (Fsp3) is 0.316. The first kappa shape index (κ1) is 35.0. The number of H-pyrrole nitrogens is 1. The normalized spacial score (nSPS) is 17.2. The fourth-order valence-corrected chi connectivity index (χ4v) is 6.83. The molecule has 4 aromatic heterocycles. The highest BCUT2D eigenvalue weighted by Crippen LogP contribution is 2.37. The molecule has 3 N–H and O–H groups in total. The van der Waals surface area contributed by atoms with Crippen molar-refractivity contribution in [2.75, 3.05) is 25.0 Å². The number of aromatic amines is 1. The van der Waals surface area contributed by atoms with Crippen LogP contribution in [0.2, 0.25) is 5.02 Å². The average molecular weight is 745 g/mol. The smallest absolute Gasteiger partial charge is 0.418 e. The molecule has 1 fully saturated rings. The number of halogens is 4. The summed E-state index contributed by atoms with van der Waals surface area (Å²) in [5.41, 5.74) is 4.40. The number of rotatable bonds is 11. The van der Waals surface area contributed by atoms with Gasteiger partial charge in [0, 0.05) is 48.6 Å². The van der Waals surface area contributed by atoms with Gasteiger partial charge in [0.15, 0.2) is 6.23 Å². The first-order valence-corrected chi connectivity index (χ1v) is 17.7. The number of imidazole rings is 1. The van der Waals surface area contributed by atoms with E-state index in [4.69, 9.17) is 31.0 Å². The Balaban J connectivity index is 0.980. The van der Waals surface area contributed by atoms with Crippen LogP contribution in [0.15, 0.2) is 72.9 Å². The van der Waals surface area contributed by atoms with Crippen LogP contribution >= 0.6 is 11.6 Å². The Bertz CT molecular complexity index is 2300. The zero-order chi connectivity index (χ0) is 36.7. The van der Waals surface area contributed by atoms with Gasteiger partial charge >= 0.3 is 6.18 Å². The Morgan fingerprint density at radius 1 is 1.13 bits per heavy atom. The van der Waals surface area contributed by atoms with Crippen molar-refractivity contribution in [2.45, 2.75) is 58.0 Å². The van der Waals surface area contributed by atoms with Crippen LogP contribution in [0.4, 0.5) is 18.9 Å². The molecule has 0 amide bonds. The summed E-state index contributed by atoms with van der Waals surface area (Å²) in [6.45, 7) is 5.41. The Labute approximate surface area is 307 Å². The van der Waals surface area contributed by atoms with Crippen LogP contribution < -0.4 is 10.1 Å². The number of aliphatic hydroxyl groups excluding tert-OH is 1. The highest BCUT2D eigenvalue weighted by molar-refractivity contribution is 6.30. The van der Waals surface area contributed by atoms with Crippen LogP contribution in [0.25, 0.3) is 27.5 Å². The number of benzene rings is 2. The van der Waals surface area contributed by atoms with E-state index in [2.05, 4.69) is 36.0 Å². The molecule has 0 saturated carbocycles. The molecule has 11 nitrogen and oxygen atoms in total. The molecule has 8 rings (SSSR count). The van der Waals surface area contributed by atoms with Gasteiger partial charge in [-0.3, -0.25) is 15.0 Å². The molecule has 53 heavy (non-hydrogen) atoms. The number of hydrogen-bond donors (Lipinski definition) is 3. The standard InChI is InChI=1S/C38H36ClF3N8O3/c1-22-29-15-24(16-30(38(40,41)42)36(29)48-47-22)37(51)44-26-7-8-33-32(17-26)45-34(50(33)19-28-11-14-52-28)20-49-12-9-23(10-13-49)31-3-2-4-35(46-31)53-21-27-6-5-25(39)18-43-27/h2-9,15-18,28,37,44,51H,10-14,19-21H2,1H3,(H,47,48)/t28-,37?/m0/s1. The van der Waals surface area contributed by atoms with E-state index in [1.165, 1.54) is 6.07 Å². The topological polar surface area (TPSA) is 126 Å². The molecule has 274 valence electrons. The zero-order valence-electron chi connectivity index (χ0n) is 28.7. The van der Waals surface area contributed by atoms with Crippen molar-refractivity contribution >= 4 is 44.8 Å². The fourth-order valence-electron chi connectivity index (χ4n) is 6.72. The molecule has 6 heterocycles. The Morgan fingerprint density at radius 3 is 2.74 bits per heavy atom. The van der Waals surface area contributed by atoms with E-state index < -0.39 is 18.0 Å². The van der Waals surface area contributed by atoms with Gasteiger partial charge in [0.2, 0.25) is 5.88 Å². The Hall–Kier alpha value is -5.02. The van der Waals surface area contributed by atoms with Crippen molar-refractivity contribution in [3.05, 3.63) is 112 Å². The highest BCUT2D eigenvalue weighted by atomic mass is 35.5. The molecule has 2 atom stereocenters. The second kappa shape index (κ2) is 14.4. The quantitative estimate of drug-likeness (QED) is 0.116. The van der Waals surface area contributed by atoms with Gasteiger partial charge < -0.3 is 24.5 Å². The molecule has 0 aliphatic carbocycles. The van der Waals surface area contributed by atoms with Gasteiger partial charge in [-0.2, -0.15) is 18.3 Å². The van der Waals surface area contributed by atoms with E-state index in [1.807, 2.05) is 36.4 Å². The summed E-state index contributed by atoms with van der Waals surface area (Å²) in [7, 11) is 0. The molecule has 0 radical (unpaired) electrons. The van der Waals surface area contributed by atoms with Crippen LogP contribution in [-0.4, -0.2) is 65.5 Å². The number of alkyl halides is 3. The largest absolute Gasteiger partial charge is 0.471 e. The number of ether oxygens (including phenoxy) is 2. The Kier molecular flexibility index (Phi) is 9.53. The van der Waals surface area contributed by atoms with Gasteiger partial charge in [-0.25, -0.2) is 9.97 Å². The lowest BCUT2D eigenvalue weighted by atomic mass is 10.0. The van der Waals surface area contributed by atoms with Crippen LogP contribution in [0.5, 0.6) is 5.88 Å². The van der Waals surface area contributed by atoms with Gasteiger partial charge in [0.1, 0.15) is 12.4 Å². The number of aliphatic hydroxyl groups is 1. The average Bonchev–Trinajstić information content (AvgIpc) is 3.67. The van der Waals surface area contributed by atoms with Gasteiger partial charge in [-0.1, -0.05) is 23.7 Å². The van der Waals surface area contributed by atoms with E-state index in [0.29, 0.717) is 52.8 Å². The number of anilines is 1. The van der Waals surface area contributed by atoms with Crippen molar-refractivity contribution in [1.29, 1.82) is 0 Å². The number of nitrogens with one attached hydrogen (secondary N) is 2. The molecule has 2 aliphatic rings. The maximum atomic E-state index is 13.9. The number of aromatic nitrogens is 6. The first-order chi connectivity index (χ1) is 25.6. The van der Waals surface area contributed by atoms with Crippen LogP contribution in [0, 0.1) is 6.92 Å². The summed E-state index contributed by atoms with van der Waals surface area (Å²) in [5.74, 6) is 1.40. The predicted octanol–water partition coefficient (Wildman–Crippen LogP) is 7.44. The zero-order valence-corrected chi connectivity index (χ0v) is 29.5. The van der Waals surface area contributed by atoms with Crippen molar-refractivity contribution in [3.63, 3.8) is 0 Å². The van der Waals surface area contributed by atoms with E-state index in [9.17, 15) is 18.3 Å². The minimum atomic E-state index is -4.63. The number of pyridine rings is 2. The highest BCUT2D eigenvalue weighted by Gasteiger charge is 2.35. The Morgan fingerprint density at radius 2 is 2.00 bits per heavy atom. The molecule has 2 aromatic carbocycles. The maximum Gasteiger partial charge on any atom is 0.418 e.